The fraction of sp³-hybridized carbons (Fsp3) is 0.917. The number of hydrogen-bond donors (Lipinski definition) is 1. The van der Waals surface area contributed by atoms with Gasteiger partial charge >= 0.3 is 12.1 Å². The molecule has 1 heterocycles. The lowest BCUT2D eigenvalue weighted by atomic mass is 9.77. The SMILES string of the molecule is CC(C)(C)OC(=O)C1(C(F)(F)F)CCN(CN)CC1. The molecular formula is C12H21F3N2O2. The van der Waals surface area contributed by atoms with Gasteiger partial charge in [0.25, 0.3) is 0 Å². The van der Waals surface area contributed by atoms with Gasteiger partial charge in [-0.3, -0.25) is 9.69 Å². The van der Waals surface area contributed by atoms with Gasteiger partial charge in [0, 0.05) is 19.8 Å². The maximum atomic E-state index is 13.3. The van der Waals surface area contributed by atoms with Crippen LogP contribution in [0.2, 0.25) is 0 Å². The summed E-state index contributed by atoms with van der Waals surface area (Å²) in [4.78, 5) is 13.7. The molecule has 112 valence electrons. The number of alkyl halides is 3. The van der Waals surface area contributed by atoms with E-state index in [2.05, 4.69) is 0 Å². The predicted molar refractivity (Wildman–Crippen MR) is 64.2 cm³/mol. The number of rotatable bonds is 2. The van der Waals surface area contributed by atoms with Gasteiger partial charge in [-0.05, 0) is 33.6 Å². The second kappa shape index (κ2) is 5.28. The van der Waals surface area contributed by atoms with E-state index >= 15 is 0 Å². The van der Waals surface area contributed by atoms with Crippen molar-refractivity contribution in [3.05, 3.63) is 0 Å². The number of carbonyl (C=O) groups is 1. The highest BCUT2D eigenvalue weighted by atomic mass is 19.4. The van der Waals surface area contributed by atoms with Crippen molar-refractivity contribution in [2.24, 2.45) is 11.1 Å². The average Bonchev–Trinajstić information content (AvgIpc) is 2.25. The summed E-state index contributed by atoms with van der Waals surface area (Å²) < 4.78 is 44.9. The number of nitrogens with two attached hydrogens (primary N) is 1. The number of likely N-dealkylation sites (tertiary alicyclic amines) is 1. The van der Waals surface area contributed by atoms with Crippen LogP contribution >= 0.6 is 0 Å². The molecule has 0 aliphatic carbocycles. The Labute approximate surface area is 111 Å². The van der Waals surface area contributed by atoms with Gasteiger partial charge in [0.15, 0.2) is 5.41 Å². The number of hydrogen-bond acceptors (Lipinski definition) is 4. The zero-order valence-electron chi connectivity index (χ0n) is 11.5. The summed E-state index contributed by atoms with van der Waals surface area (Å²) in [6, 6.07) is 0. The smallest absolute Gasteiger partial charge is 0.405 e. The normalized spacial score (nSPS) is 21.2. The Hall–Kier alpha value is -0.820. The largest absolute Gasteiger partial charge is 0.459 e. The molecule has 1 saturated heterocycles. The van der Waals surface area contributed by atoms with Crippen molar-refractivity contribution < 1.29 is 22.7 Å². The van der Waals surface area contributed by atoms with Crippen LogP contribution in [0.15, 0.2) is 0 Å². The van der Waals surface area contributed by atoms with E-state index in [1.54, 1.807) is 25.7 Å². The minimum atomic E-state index is -4.60. The van der Waals surface area contributed by atoms with E-state index in [4.69, 9.17) is 10.5 Å². The molecule has 19 heavy (non-hydrogen) atoms. The van der Waals surface area contributed by atoms with Crippen LogP contribution < -0.4 is 5.73 Å². The van der Waals surface area contributed by atoms with Crippen LogP contribution in [0.1, 0.15) is 33.6 Å². The van der Waals surface area contributed by atoms with Gasteiger partial charge < -0.3 is 10.5 Å². The fourth-order valence-corrected chi connectivity index (χ4v) is 2.10. The number of piperidine rings is 1. The maximum Gasteiger partial charge on any atom is 0.405 e. The molecule has 7 heteroatoms. The van der Waals surface area contributed by atoms with Gasteiger partial charge in [-0.15, -0.1) is 0 Å². The first-order valence-electron chi connectivity index (χ1n) is 6.24. The number of carbonyl (C=O) groups excluding carboxylic acids is 1. The zero-order chi connectivity index (χ0) is 14.9. The van der Waals surface area contributed by atoms with Crippen molar-refractivity contribution in [1.82, 2.24) is 4.90 Å². The molecule has 1 fully saturated rings. The van der Waals surface area contributed by atoms with E-state index in [9.17, 15) is 18.0 Å². The molecule has 0 aromatic heterocycles. The number of esters is 1. The van der Waals surface area contributed by atoms with E-state index in [0.29, 0.717) is 0 Å². The van der Waals surface area contributed by atoms with Gasteiger partial charge in [-0.2, -0.15) is 13.2 Å². The molecule has 2 N–H and O–H groups in total. The minimum Gasteiger partial charge on any atom is -0.459 e. The Morgan fingerprint density at radius 3 is 2.05 bits per heavy atom. The van der Waals surface area contributed by atoms with Crippen molar-refractivity contribution in [2.45, 2.75) is 45.4 Å². The highest BCUT2D eigenvalue weighted by Crippen LogP contribution is 2.47. The molecule has 0 atom stereocenters. The number of halogens is 3. The molecule has 0 unspecified atom stereocenters. The van der Waals surface area contributed by atoms with Gasteiger partial charge in [0.05, 0.1) is 0 Å². The summed E-state index contributed by atoms with van der Waals surface area (Å²) in [5.74, 6) is -1.18. The van der Waals surface area contributed by atoms with Gasteiger partial charge in [0.1, 0.15) is 5.60 Å². The monoisotopic (exact) mass is 282 g/mol. The molecule has 1 aliphatic rings. The van der Waals surface area contributed by atoms with Crippen LogP contribution in [0.3, 0.4) is 0 Å². The van der Waals surface area contributed by atoms with Gasteiger partial charge in [-0.1, -0.05) is 0 Å². The quantitative estimate of drug-likeness (QED) is 0.786. The summed E-state index contributed by atoms with van der Waals surface area (Å²) in [7, 11) is 0. The van der Waals surface area contributed by atoms with Gasteiger partial charge in [-0.25, -0.2) is 0 Å². The fourth-order valence-electron chi connectivity index (χ4n) is 2.10. The highest BCUT2D eigenvalue weighted by molar-refractivity contribution is 5.78. The molecule has 1 rings (SSSR count). The first kappa shape index (κ1) is 16.2. The Kier molecular flexibility index (Phi) is 4.51. The Bertz CT molecular complexity index is 329. The third kappa shape index (κ3) is 3.60. The highest BCUT2D eigenvalue weighted by Gasteiger charge is 2.62. The van der Waals surface area contributed by atoms with E-state index in [-0.39, 0.29) is 32.6 Å². The molecule has 0 radical (unpaired) electrons. The van der Waals surface area contributed by atoms with Crippen molar-refractivity contribution in [3.8, 4) is 0 Å². The number of nitrogens with zero attached hydrogens (tertiary/aromatic N) is 1. The molecule has 0 aromatic rings. The lowest BCUT2D eigenvalue weighted by Gasteiger charge is -2.41. The lowest BCUT2D eigenvalue weighted by Crippen LogP contribution is -2.55. The summed E-state index contributed by atoms with van der Waals surface area (Å²) in [6.07, 6.45) is -5.21. The summed E-state index contributed by atoms with van der Waals surface area (Å²) in [5, 5.41) is 0. The van der Waals surface area contributed by atoms with E-state index in [1.807, 2.05) is 0 Å². The Morgan fingerprint density at radius 2 is 1.74 bits per heavy atom. The summed E-state index contributed by atoms with van der Waals surface area (Å²) in [6.45, 7) is 5.17. The lowest BCUT2D eigenvalue weighted by molar-refractivity contribution is -0.249. The maximum absolute atomic E-state index is 13.3. The molecule has 0 aromatic carbocycles. The molecule has 0 bridgehead atoms. The molecule has 0 spiro atoms. The van der Waals surface area contributed by atoms with E-state index in [1.165, 1.54) is 0 Å². The van der Waals surface area contributed by atoms with Crippen molar-refractivity contribution in [2.75, 3.05) is 19.8 Å². The minimum absolute atomic E-state index is 0.148. The molecule has 0 saturated carbocycles. The van der Waals surface area contributed by atoms with Crippen LogP contribution in [0, 0.1) is 5.41 Å². The average molecular weight is 282 g/mol. The zero-order valence-corrected chi connectivity index (χ0v) is 11.5. The topological polar surface area (TPSA) is 55.6 Å². The standard InChI is InChI=1S/C12H21F3N2O2/c1-10(2,3)19-9(18)11(12(13,14)15)4-6-17(8-16)7-5-11/h4-8,16H2,1-3H3. The third-order valence-corrected chi connectivity index (χ3v) is 3.30. The molecular weight excluding hydrogens is 261 g/mol. The second-order valence-corrected chi connectivity index (χ2v) is 5.88. The predicted octanol–water partition coefficient (Wildman–Crippen LogP) is 1.89. The third-order valence-electron chi connectivity index (χ3n) is 3.30. The van der Waals surface area contributed by atoms with E-state index in [0.717, 1.165) is 0 Å². The van der Waals surface area contributed by atoms with Gasteiger partial charge in [0.2, 0.25) is 0 Å². The first-order chi connectivity index (χ1) is 8.52. The molecule has 4 nitrogen and oxygen atoms in total. The van der Waals surface area contributed by atoms with Crippen LogP contribution in [-0.4, -0.2) is 42.4 Å². The Balaban J connectivity index is 2.94. The van der Waals surface area contributed by atoms with Crippen LogP contribution in [0.5, 0.6) is 0 Å². The second-order valence-electron chi connectivity index (χ2n) is 5.88. The summed E-state index contributed by atoms with van der Waals surface area (Å²) in [5.41, 5.74) is 2.08. The first-order valence-corrected chi connectivity index (χ1v) is 6.24. The van der Waals surface area contributed by atoms with E-state index < -0.39 is 23.2 Å². The van der Waals surface area contributed by atoms with Crippen molar-refractivity contribution in [3.63, 3.8) is 0 Å². The number of ether oxygens (including phenoxy) is 1. The van der Waals surface area contributed by atoms with Crippen molar-refractivity contribution >= 4 is 5.97 Å². The summed E-state index contributed by atoms with van der Waals surface area (Å²) >= 11 is 0. The molecule has 1 aliphatic heterocycles. The Morgan fingerprint density at radius 1 is 1.26 bits per heavy atom. The van der Waals surface area contributed by atoms with Crippen LogP contribution in [0.4, 0.5) is 13.2 Å². The molecule has 0 amide bonds. The van der Waals surface area contributed by atoms with Crippen molar-refractivity contribution in [1.29, 1.82) is 0 Å². The van der Waals surface area contributed by atoms with Crippen LogP contribution in [0.25, 0.3) is 0 Å². The van der Waals surface area contributed by atoms with Crippen LogP contribution in [-0.2, 0) is 9.53 Å².